The number of nitrogens with two attached hydrogens (primary N) is 1. The molecule has 0 radical (unpaired) electrons. The Bertz CT molecular complexity index is 578. The van der Waals surface area contributed by atoms with E-state index in [2.05, 4.69) is 22.4 Å². The maximum Gasteiger partial charge on any atom is 0.126 e. The maximum absolute atomic E-state index is 5.82. The van der Waals surface area contributed by atoms with Crippen LogP contribution in [0, 0.1) is 6.92 Å². The first-order chi connectivity index (χ1) is 8.72. The number of pyridine rings is 1. The third-order valence-electron chi connectivity index (χ3n) is 3.46. The van der Waals surface area contributed by atoms with Crippen molar-refractivity contribution in [1.82, 2.24) is 4.98 Å². The molecule has 3 rings (SSSR count). The van der Waals surface area contributed by atoms with Crippen molar-refractivity contribution < 1.29 is 0 Å². The molecule has 1 aromatic carbocycles. The highest BCUT2D eigenvalue weighted by Crippen LogP contribution is 2.34. The molecule has 1 unspecified atom stereocenters. The molecule has 3 N–H and O–H groups in total. The quantitative estimate of drug-likeness (QED) is 0.792. The average molecular weight is 239 g/mol. The highest BCUT2D eigenvalue weighted by Gasteiger charge is 2.22. The summed E-state index contributed by atoms with van der Waals surface area (Å²) in [7, 11) is 0. The molecule has 1 aromatic heterocycles. The summed E-state index contributed by atoms with van der Waals surface area (Å²) in [6.45, 7) is 2.01. The van der Waals surface area contributed by atoms with Gasteiger partial charge in [-0.1, -0.05) is 12.1 Å². The molecule has 92 valence electrons. The molecular weight excluding hydrogens is 222 g/mol. The Morgan fingerprint density at radius 1 is 1.28 bits per heavy atom. The lowest BCUT2D eigenvalue weighted by molar-refractivity contribution is 0.756. The first-order valence-corrected chi connectivity index (χ1v) is 6.31. The molecule has 0 fully saturated rings. The van der Waals surface area contributed by atoms with E-state index in [9.17, 15) is 0 Å². The van der Waals surface area contributed by atoms with E-state index in [0.717, 1.165) is 30.0 Å². The molecule has 0 saturated carbocycles. The molecule has 1 heterocycles. The number of aromatic nitrogens is 1. The van der Waals surface area contributed by atoms with E-state index in [0.29, 0.717) is 6.04 Å². The minimum Gasteiger partial charge on any atom is -0.399 e. The zero-order valence-electron chi connectivity index (χ0n) is 10.5. The van der Waals surface area contributed by atoms with Gasteiger partial charge in [0.1, 0.15) is 5.82 Å². The molecule has 3 nitrogen and oxygen atoms in total. The lowest BCUT2D eigenvalue weighted by Gasteiger charge is -2.15. The summed E-state index contributed by atoms with van der Waals surface area (Å²) in [5, 5.41) is 3.51. The van der Waals surface area contributed by atoms with Crippen molar-refractivity contribution in [2.24, 2.45) is 0 Å². The first-order valence-electron chi connectivity index (χ1n) is 6.31. The standard InChI is InChI=1S/C15H17N3/c1-10-3-2-4-15(17-10)18-14-8-5-11-9-12(16)6-7-13(11)14/h2-4,6-7,9,14H,5,8,16H2,1H3,(H,17,18). The molecule has 1 aliphatic rings. The number of hydrogen-bond acceptors (Lipinski definition) is 3. The summed E-state index contributed by atoms with van der Waals surface area (Å²) >= 11 is 0. The topological polar surface area (TPSA) is 50.9 Å². The minimum absolute atomic E-state index is 0.356. The summed E-state index contributed by atoms with van der Waals surface area (Å²) in [5.74, 6) is 0.949. The van der Waals surface area contributed by atoms with Gasteiger partial charge < -0.3 is 11.1 Å². The Labute approximate surface area is 107 Å². The number of nitrogens with zero attached hydrogens (tertiary/aromatic N) is 1. The van der Waals surface area contributed by atoms with Crippen molar-refractivity contribution in [2.75, 3.05) is 11.1 Å². The Balaban J connectivity index is 1.85. The smallest absolute Gasteiger partial charge is 0.126 e. The van der Waals surface area contributed by atoms with Crippen LogP contribution in [-0.2, 0) is 6.42 Å². The summed E-state index contributed by atoms with van der Waals surface area (Å²) in [6.07, 6.45) is 2.19. The van der Waals surface area contributed by atoms with Gasteiger partial charge in [-0.2, -0.15) is 0 Å². The van der Waals surface area contributed by atoms with Gasteiger partial charge in [0.25, 0.3) is 0 Å². The molecule has 0 bridgehead atoms. The number of rotatable bonds is 2. The molecule has 0 aliphatic heterocycles. The Hall–Kier alpha value is -2.03. The zero-order chi connectivity index (χ0) is 12.5. The molecule has 0 spiro atoms. The summed E-state index contributed by atoms with van der Waals surface area (Å²) in [4.78, 5) is 4.49. The second-order valence-electron chi connectivity index (χ2n) is 4.86. The van der Waals surface area contributed by atoms with Crippen molar-refractivity contribution >= 4 is 11.5 Å². The minimum atomic E-state index is 0.356. The van der Waals surface area contributed by atoms with Gasteiger partial charge in [-0.15, -0.1) is 0 Å². The summed E-state index contributed by atoms with van der Waals surface area (Å²) in [5.41, 5.74) is 10.4. The van der Waals surface area contributed by atoms with Crippen LogP contribution >= 0.6 is 0 Å². The van der Waals surface area contributed by atoms with Crippen LogP contribution in [0.1, 0.15) is 29.3 Å². The van der Waals surface area contributed by atoms with Crippen LogP contribution in [0.4, 0.5) is 11.5 Å². The van der Waals surface area contributed by atoms with Gasteiger partial charge in [-0.3, -0.25) is 0 Å². The van der Waals surface area contributed by atoms with Crippen LogP contribution < -0.4 is 11.1 Å². The Morgan fingerprint density at radius 3 is 3.00 bits per heavy atom. The average Bonchev–Trinajstić information content (AvgIpc) is 2.72. The largest absolute Gasteiger partial charge is 0.399 e. The van der Waals surface area contributed by atoms with E-state index in [-0.39, 0.29) is 0 Å². The molecule has 1 atom stereocenters. The molecule has 18 heavy (non-hydrogen) atoms. The molecule has 3 heteroatoms. The van der Waals surface area contributed by atoms with E-state index < -0.39 is 0 Å². The molecule has 1 aliphatic carbocycles. The van der Waals surface area contributed by atoms with Crippen molar-refractivity contribution in [3.63, 3.8) is 0 Å². The summed E-state index contributed by atoms with van der Waals surface area (Å²) in [6, 6.07) is 12.6. The number of anilines is 2. The van der Waals surface area contributed by atoms with Crippen LogP contribution in [0.3, 0.4) is 0 Å². The van der Waals surface area contributed by atoms with Gasteiger partial charge >= 0.3 is 0 Å². The number of hydrogen-bond donors (Lipinski definition) is 2. The van der Waals surface area contributed by atoms with E-state index in [4.69, 9.17) is 5.73 Å². The highest BCUT2D eigenvalue weighted by atomic mass is 15.0. The van der Waals surface area contributed by atoms with Gasteiger partial charge in [0.2, 0.25) is 0 Å². The fourth-order valence-electron chi connectivity index (χ4n) is 2.59. The van der Waals surface area contributed by atoms with Crippen molar-refractivity contribution in [3.05, 3.63) is 53.2 Å². The van der Waals surface area contributed by atoms with Gasteiger partial charge in [0, 0.05) is 11.4 Å². The van der Waals surface area contributed by atoms with Crippen LogP contribution in [0.2, 0.25) is 0 Å². The normalized spacial score (nSPS) is 17.5. The highest BCUT2D eigenvalue weighted by molar-refractivity contribution is 5.50. The Kier molecular flexibility index (Phi) is 2.67. The number of nitrogen functional groups attached to an aromatic ring is 1. The number of fused-ring (bicyclic) bond motifs is 1. The molecule has 0 saturated heterocycles. The van der Waals surface area contributed by atoms with Crippen molar-refractivity contribution in [1.29, 1.82) is 0 Å². The second kappa shape index (κ2) is 4.33. The van der Waals surface area contributed by atoms with E-state index in [1.807, 2.05) is 31.2 Å². The number of nitrogens with one attached hydrogen (secondary N) is 1. The number of benzene rings is 1. The first kappa shape index (κ1) is 11.1. The van der Waals surface area contributed by atoms with Crippen LogP contribution in [0.15, 0.2) is 36.4 Å². The zero-order valence-corrected chi connectivity index (χ0v) is 10.5. The summed E-state index contributed by atoms with van der Waals surface area (Å²) < 4.78 is 0. The second-order valence-corrected chi connectivity index (χ2v) is 4.86. The molecular formula is C15H17N3. The fraction of sp³-hybridized carbons (Fsp3) is 0.267. The predicted octanol–water partition coefficient (Wildman–Crippen LogP) is 3.07. The third kappa shape index (κ3) is 2.04. The SMILES string of the molecule is Cc1cccc(NC2CCc3cc(N)ccc32)n1. The molecule has 2 aromatic rings. The third-order valence-corrected chi connectivity index (χ3v) is 3.46. The van der Waals surface area contributed by atoms with Crippen LogP contribution in [0.5, 0.6) is 0 Å². The van der Waals surface area contributed by atoms with E-state index >= 15 is 0 Å². The lowest BCUT2D eigenvalue weighted by atomic mass is 10.1. The van der Waals surface area contributed by atoms with E-state index in [1.54, 1.807) is 0 Å². The maximum atomic E-state index is 5.82. The Morgan fingerprint density at radius 2 is 2.17 bits per heavy atom. The van der Waals surface area contributed by atoms with Crippen LogP contribution in [0.25, 0.3) is 0 Å². The monoisotopic (exact) mass is 239 g/mol. The van der Waals surface area contributed by atoms with E-state index in [1.165, 1.54) is 11.1 Å². The van der Waals surface area contributed by atoms with Crippen LogP contribution in [-0.4, -0.2) is 4.98 Å². The molecule has 0 amide bonds. The van der Waals surface area contributed by atoms with Gasteiger partial charge in [0.15, 0.2) is 0 Å². The fourth-order valence-corrected chi connectivity index (χ4v) is 2.59. The lowest BCUT2D eigenvalue weighted by Crippen LogP contribution is -2.08. The van der Waals surface area contributed by atoms with Crippen molar-refractivity contribution in [3.8, 4) is 0 Å². The number of aryl methyl sites for hydroxylation is 2. The van der Waals surface area contributed by atoms with Crippen molar-refractivity contribution in [2.45, 2.75) is 25.8 Å². The predicted molar refractivity (Wildman–Crippen MR) is 74.5 cm³/mol. The van der Waals surface area contributed by atoms with Gasteiger partial charge in [0.05, 0.1) is 6.04 Å². The van der Waals surface area contributed by atoms with Gasteiger partial charge in [-0.05, 0) is 55.2 Å². The van der Waals surface area contributed by atoms with Gasteiger partial charge in [-0.25, -0.2) is 4.98 Å².